The van der Waals surface area contributed by atoms with Crippen molar-refractivity contribution >= 4 is 17.7 Å². The van der Waals surface area contributed by atoms with E-state index in [0.717, 1.165) is 42.7 Å². The zero-order valence-electron chi connectivity index (χ0n) is 19.1. The summed E-state index contributed by atoms with van der Waals surface area (Å²) in [6.07, 6.45) is 2.75. The number of hydrogen-bond acceptors (Lipinski definition) is 4. The minimum atomic E-state index is -0.279. The molecule has 0 spiro atoms. The summed E-state index contributed by atoms with van der Waals surface area (Å²) in [5.74, 6) is 0.274. The van der Waals surface area contributed by atoms with E-state index in [1.54, 1.807) is 43.5 Å². The maximum Gasteiger partial charge on any atom is 0.261 e. The molecule has 2 aliphatic heterocycles. The molecular formula is C28H26N2O4. The summed E-state index contributed by atoms with van der Waals surface area (Å²) < 4.78 is 5.33. The summed E-state index contributed by atoms with van der Waals surface area (Å²) in [5.41, 5.74) is 3.45. The highest BCUT2D eigenvalue weighted by Crippen LogP contribution is 2.26. The maximum atomic E-state index is 13.3. The van der Waals surface area contributed by atoms with Gasteiger partial charge in [0.1, 0.15) is 5.75 Å². The van der Waals surface area contributed by atoms with E-state index in [9.17, 15) is 14.4 Å². The number of hydrogen-bond donors (Lipinski definition) is 0. The molecular weight excluding hydrogens is 428 g/mol. The number of carbonyl (C=O) groups excluding carboxylic acids is 3. The molecule has 3 amide bonds. The fraction of sp³-hybridized carbons (Fsp3) is 0.250. The Morgan fingerprint density at radius 2 is 1.62 bits per heavy atom. The Balaban J connectivity index is 1.26. The SMILES string of the molecule is COc1cccc(CC2CCCN2C(=O)c2ccc(CN3C(=O)c4ccccc4C3=O)cc2)c1. The topological polar surface area (TPSA) is 66.9 Å². The summed E-state index contributed by atoms with van der Waals surface area (Å²) >= 11 is 0. The van der Waals surface area contributed by atoms with Crippen LogP contribution in [0.3, 0.4) is 0 Å². The molecule has 0 bridgehead atoms. The third-order valence-electron chi connectivity index (χ3n) is 6.66. The van der Waals surface area contributed by atoms with Crippen molar-refractivity contribution in [1.29, 1.82) is 0 Å². The van der Waals surface area contributed by atoms with Gasteiger partial charge in [-0.05, 0) is 66.8 Å². The molecule has 34 heavy (non-hydrogen) atoms. The van der Waals surface area contributed by atoms with Gasteiger partial charge in [0.15, 0.2) is 0 Å². The van der Waals surface area contributed by atoms with E-state index in [1.807, 2.05) is 35.2 Å². The summed E-state index contributed by atoms with van der Waals surface area (Å²) in [4.78, 5) is 41.7. The van der Waals surface area contributed by atoms with Gasteiger partial charge in [-0.3, -0.25) is 19.3 Å². The zero-order chi connectivity index (χ0) is 23.7. The molecule has 3 aromatic rings. The van der Waals surface area contributed by atoms with Crippen molar-refractivity contribution in [3.8, 4) is 5.75 Å². The average Bonchev–Trinajstić information content (AvgIpc) is 3.43. The van der Waals surface area contributed by atoms with Crippen LogP contribution in [0, 0.1) is 0 Å². The number of imide groups is 1. The van der Waals surface area contributed by atoms with Crippen molar-refractivity contribution in [2.24, 2.45) is 0 Å². The number of benzene rings is 3. The van der Waals surface area contributed by atoms with Crippen molar-refractivity contribution in [2.75, 3.05) is 13.7 Å². The Morgan fingerprint density at radius 3 is 2.29 bits per heavy atom. The smallest absolute Gasteiger partial charge is 0.261 e. The molecule has 172 valence electrons. The van der Waals surface area contributed by atoms with Crippen LogP contribution < -0.4 is 4.74 Å². The Kier molecular flexibility index (Phi) is 5.88. The molecule has 1 fully saturated rings. The first-order chi connectivity index (χ1) is 16.5. The van der Waals surface area contributed by atoms with Gasteiger partial charge in [0.05, 0.1) is 24.8 Å². The summed E-state index contributed by atoms with van der Waals surface area (Å²) in [7, 11) is 1.66. The molecule has 1 unspecified atom stereocenters. The predicted molar refractivity (Wildman–Crippen MR) is 128 cm³/mol. The molecule has 0 saturated carbocycles. The van der Waals surface area contributed by atoms with E-state index >= 15 is 0 Å². The number of methoxy groups -OCH3 is 1. The lowest BCUT2D eigenvalue weighted by Gasteiger charge is -2.25. The van der Waals surface area contributed by atoms with E-state index in [-0.39, 0.29) is 30.3 Å². The lowest BCUT2D eigenvalue weighted by molar-refractivity contribution is 0.0640. The molecule has 0 aromatic heterocycles. The van der Waals surface area contributed by atoms with Crippen molar-refractivity contribution in [1.82, 2.24) is 9.80 Å². The fourth-order valence-corrected chi connectivity index (χ4v) is 4.87. The monoisotopic (exact) mass is 454 g/mol. The Labute approximate surface area is 198 Å². The van der Waals surface area contributed by atoms with Gasteiger partial charge in [-0.2, -0.15) is 0 Å². The third-order valence-corrected chi connectivity index (χ3v) is 6.66. The molecule has 1 saturated heterocycles. The van der Waals surface area contributed by atoms with Gasteiger partial charge in [0.2, 0.25) is 0 Å². The van der Waals surface area contributed by atoms with Gasteiger partial charge in [-0.15, -0.1) is 0 Å². The number of likely N-dealkylation sites (tertiary alicyclic amines) is 1. The van der Waals surface area contributed by atoms with Crippen LogP contribution in [0.2, 0.25) is 0 Å². The number of ether oxygens (including phenoxy) is 1. The van der Waals surface area contributed by atoms with Gasteiger partial charge in [0.25, 0.3) is 17.7 Å². The molecule has 0 N–H and O–H groups in total. The minimum absolute atomic E-state index is 0.0117. The van der Waals surface area contributed by atoms with Gasteiger partial charge in [-0.25, -0.2) is 0 Å². The van der Waals surface area contributed by atoms with Crippen LogP contribution in [0.25, 0.3) is 0 Å². The summed E-state index contributed by atoms with van der Waals surface area (Å²) in [6.45, 7) is 0.924. The van der Waals surface area contributed by atoms with Crippen molar-refractivity contribution in [2.45, 2.75) is 31.8 Å². The minimum Gasteiger partial charge on any atom is -0.497 e. The zero-order valence-corrected chi connectivity index (χ0v) is 19.1. The summed E-state index contributed by atoms with van der Waals surface area (Å²) in [5, 5.41) is 0. The number of amides is 3. The normalized spacial score (nSPS) is 17.3. The fourth-order valence-electron chi connectivity index (χ4n) is 4.87. The lowest BCUT2D eigenvalue weighted by atomic mass is 10.0. The Hall–Kier alpha value is -3.93. The molecule has 3 aromatic carbocycles. The van der Waals surface area contributed by atoms with Crippen LogP contribution in [0.5, 0.6) is 5.75 Å². The second kappa shape index (κ2) is 9.14. The molecule has 6 nitrogen and oxygen atoms in total. The Morgan fingerprint density at radius 1 is 0.912 bits per heavy atom. The van der Waals surface area contributed by atoms with Crippen LogP contribution >= 0.6 is 0 Å². The Bertz CT molecular complexity index is 1220. The lowest BCUT2D eigenvalue weighted by Crippen LogP contribution is -2.36. The molecule has 0 aliphatic carbocycles. The first-order valence-electron chi connectivity index (χ1n) is 11.5. The standard InChI is InChI=1S/C28H26N2O4/c1-34-23-8-4-6-20(17-23)16-22-7-5-15-29(22)26(31)21-13-11-19(12-14-21)18-30-27(32)24-9-2-3-10-25(24)28(30)33/h2-4,6,8-14,17,22H,5,7,15-16,18H2,1H3. The molecule has 1 atom stereocenters. The molecule has 6 heteroatoms. The number of rotatable bonds is 6. The number of fused-ring (bicyclic) bond motifs is 1. The van der Waals surface area contributed by atoms with Crippen LogP contribution in [0.4, 0.5) is 0 Å². The van der Waals surface area contributed by atoms with Gasteiger partial charge in [0, 0.05) is 18.2 Å². The number of carbonyl (C=O) groups is 3. The van der Waals surface area contributed by atoms with Crippen molar-refractivity contribution < 1.29 is 19.1 Å². The second-order valence-electron chi connectivity index (χ2n) is 8.79. The van der Waals surface area contributed by atoms with Crippen LogP contribution in [0.1, 0.15) is 55.0 Å². The van der Waals surface area contributed by atoms with E-state index < -0.39 is 0 Å². The highest BCUT2D eigenvalue weighted by molar-refractivity contribution is 6.21. The van der Waals surface area contributed by atoms with Crippen molar-refractivity contribution in [3.05, 3.63) is 101 Å². The molecule has 5 rings (SSSR count). The van der Waals surface area contributed by atoms with Crippen LogP contribution in [-0.4, -0.2) is 47.2 Å². The van der Waals surface area contributed by atoms with E-state index in [1.165, 1.54) is 4.90 Å². The first kappa shape index (κ1) is 21.9. The largest absolute Gasteiger partial charge is 0.497 e. The highest BCUT2D eigenvalue weighted by Gasteiger charge is 2.35. The third kappa shape index (κ3) is 4.07. The van der Waals surface area contributed by atoms with Gasteiger partial charge in [-0.1, -0.05) is 36.4 Å². The van der Waals surface area contributed by atoms with Crippen molar-refractivity contribution in [3.63, 3.8) is 0 Å². The molecule has 2 aliphatic rings. The molecule has 2 heterocycles. The van der Waals surface area contributed by atoms with Gasteiger partial charge < -0.3 is 9.64 Å². The maximum absolute atomic E-state index is 13.3. The second-order valence-corrected chi connectivity index (χ2v) is 8.79. The van der Waals surface area contributed by atoms with Gasteiger partial charge >= 0.3 is 0 Å². The summed E-state index contributed by atoms with van der Waals surface area (Å²) in [6, 6.07) is 22.2. The quantitative estimate of drug-likeness (QED) is 0.520. The van der Waals surface area contributed by atoms with Crippen LogP contribution in [0.15, 0.2) is 72.8 Å². The first-order valence-corrected chi connectivity index (χ1v) is 11.5. The average molecular weight is 455 g/mol. The highest BCUT2D eigenvalue weighted by atomic mass is 16.5. The van der Waals surface area contributed by atoms with E-state index in [0.29, 0.717) is 16.7 Å². The van der Waals surface area contributed by atoms with E-state index in [4.69, 9.17) is 4.74 Å². The van der Waals surface area contributed by atoms with Crippen LogP contribution in [-0.2, 0) is 13.0 Å². The van der Waals surface area contributed by atoms with E-state index in [2.05, 4.69) is 6.07 Å². The molecule has 0 radical (unpaired) electrons. The number of nitrogens with zero attached hydrogens (tertiary/aromatic N) is 2. The predicted octanol–water partition coefficient (Wildman–Crippen LogP) is 4.34.